The van der Waals surface area contributed by atoms with Crippen LogP contribution in [-0.2, 0) is 23.6 Å². The van der Waals surface area contributed by atoms with Crippen molar-refractivity contribution in [2.24, 2.45) is 0 Å². The lowest BCUT2D eigenvalue weighted by Crippen LogP contribution is -2.42. The first-order valence-electron chi connectivity index (χ1n) is 6.64. The molecule has 0 rings (SSSR count). The highest BCUT2D eigenvalue weighted by Gasteiger charge is 2.27. The van der Waals surface area contributed by atoms with E-state index in [4.69, 9.17) is 14.2 Å². The maximum absolute atomic E-state index is 11.7. The summed E-state index contributed by atoms with van der Waals surface area (Å²) < 4.78 is 26.2. The normalized spacial score (nSPS) is 12.4. The minimum Gasteiger partial charge on any atom is -0.464 e. The van der Waals surface area contributed by atoms with E-state index in [0.717, 1.165) is 0 Å². The van der Waals surface area contributed by atoms with Gasteiger partial charge in [-0.05, 0) is 20.8 Å². The largest absolute Gasteiger partial charge is 0.464 e. The Hall–Kier alpha value is -1.20. The van der Waals surface area contributed by atoms with Gasteiger partial charge in [-0.1, -0.05) is 4.57 Å². The molecule has 0 aliphatic heterocycles. The van der Waals surface area contributed by atoms with Crippen LogP contribution in [0.4, 0.5) is 4.79 Å². The molecule has 116 valence electrons. The standard InChI is InChI=1S/C12H22NO6P/c1-4-17-9-20(16)8-7-10(11(14)18-5-2)13-12(15)19-6-3/h10H,4-9H2,1-3H3/p+1. The summed E-state index contributed by atoms with van der Waals surface area (Å²) in [7, 11) is -1.56. The Morgan fingerprint density at radius 2 is 1.75 bits per heavy atom. The van der Waals surface area contributed by atoms with Gasteiger partial charge >= 0.3 is 19.9 Å². The molecule has 20 heavy (non-hydrogen) atoms. The fraction of sp³-hybridized carbons (Fsp3) is 0.833. The summed E-state index contributed by atoms with van der Waals surface area (Å²) in [6.07, 6.45) is -0.0445. The molecule has 1 N–H and O–H groups in total. The average molecular weight is 308 g/mol. The van der Waals surface area contributed by atoms with Crippen molar-refractivity contribution in [3.05, 3.63) is 0 Å². The average Bonchev–Trinajstić information content (AvgIpc) is 2.41. The summed E-state index contributed by atoms with van der Waals surface area (Å²) >= 11 is 0. The quantitative estimate of drug-likeness (QED) is 0.489. The minimum atomic E-state index is -1.56. The van der Waals surface area contributed by atoms with Crippen LogP contribution in [0.15, 0.2) is 0 Å². The van der Waals surface area contributed by atoms with Crippen molar-refractivity contribution in [1.82, 2.24) is 5.32 Å². The van der Waals surface area contributed by atoms with Crippen molar-refractivity contribution < 1.29 is 28.4 Å². The van der Waals surface area contributed by atoms with Crippen LogP contribution in [0.3, 0.4) is 0 Å². The molecule has 0 aliphatic rings. The molecule has 0 heterocycles. The van der Waals surface area contributed by atoms with E-state index in [0.29, 0.717) is 6.61 Å². The first-order valence-corrected chi connectivity index (χ1v) is 8.27. The fourth-order valence-electron chi connectivity index (χ4n) is 1.34. The van der Waals surface area contributed by atoms with Crippen LogP contribution in [0.2, 0.25) is 0 Å². The molecule has 0 aliphatic carbocycles. The maximum Gasteiger partial charge on any atom is 0.407 e. The number of amides is 1. The first-order chi connectivity index (χ1) is 9.54. The highest BCUT2D eigenvalue weighted by Crippen LogP contribution is 2.22. The van der Waals surface area contributed by atoms with Crippen LogP contribution in [0.5, 0.6) is 0 Å². The van der Waals surface area contributed by atoms with Gasteiger partial charge < -0.3 is 19.5 Å². The number of carbonyl (C=O) groups is 2. The molecule has 0 saturated carbocycles. The van der Waals surface area contributed by atoms with Gasteiger partial charge in [0, 0.05) is 13.0 Å². The van der Waals surface area contributed by atoms with E-state index in [9.17, 15) is 14.2 Å². The molecule has 0 radical (unpaired) electrons. The molecule has 0 spiro atoms. The van der Waals surface area contributed by atoms with Gasteiger partial charge in [0.2, 0.25) is 6.35 Å². The third-order valence-electron chi connectivity index (χ3n) is 2.25. The van der Waals surface area contributed by atoms with Gasteiger partial charge in [0.15, 0.2) is 6.16 Å². The van der Waals surface area contributed by atoms with Crippen LogP contribution in [-0.4, -0.2) is 50.4 Å². The summed E-state index contributed by atoms with van der Waals surface area (Å²) in [5.74, 6) is -0.555. The van der Waals surface area contributed by atoms with E-state index in [1.165, 1.54) is 0 Å². The maximum atomic E-state index is 11.7. The second kappa shape index (κ2) is 11.6. The van der Waals surface area contributed by atoms with Crippen LogP contribution in [0, 0.1) is 0 Å². The van der Waals surface area contributed by atoms with E-state index in [-0.39, 0.29) is 32.1 Å². The molecule has 1 amide bonds. The lowest BCUT2D eigenvalue weighted by molar-refractivity contribution is -0.145. The number of hydrogen-bond acceptors (Lipinski definition) is 6. The molecule has 2 atom stereocenters. The van der Waals surface area contributed by atoms with Gasteiger partial charge in [0.25, 0.3) is 0 Å². The molecular formula is C12H23NO6P+. The monoisotopic (exact) mass is 308 g/mol. The Bertz CT molecular complexity index is 323. The van der Waals surface area contributed by atoms with E-state index in [1.54, 1.807) is 13.8 Å². The van der Waals surface area contributed by atoms with E-state index in [1.807, 2.05) is 6.92 Å². The lowest BCUT2D eigenvalue weighted by Gasteiger charge is -2.15. The smallest absolute Gasteiger partial charge is 0.407 e. The first kappa shape index (κ1) is 18.8. The number of ether oxygens (including phenoxy) is 3. The number of alkyl carbamates (subject to hydrolysis) is 1. The number of rotatable bonds is 10. The molecule has 7 nitrogen and oxygen atoms in total. The predicted molar refractivity (Wildman–Crippen MR) is 74.2 cm³/mol. The molecule has 0 aromatic rings. The van der Waals surface area contributed by atoms with E-state index >= 15 is 0 Å². The second-order valence-corrected chi connectivity index (χ2v) is 5.45. The highest BCUT2D eigenvalue weighted by molar-refractivity contribution is 7.44. The van der Waals surface area contributed by atoms with Crippen LogP contribution in [0.25, 0.3) is 0 Å². The fourth-order valence-corrected chi connectivity index (χ4v) is 2.40. The summed E-state index contributed by atoms with van der Waals surface area (Å²) in [5.41, 5.74) is 0. The molecule has 0 bridgehead atoms. The Kier molecular flexibility index (Phi) is 10.9. The van der Waals surface area contributed by atoms with E-state index < -0.39 is 25.9 Å². The molecule has 0 aromatic heterocycles. The van der Waals surface area contributed by atoms with Gasteiger partial charge in [0.1, 0.15) is 6.04 Å². The molecule has 0 saturated heterocycles. The van der Waals surface area contributed by atoms with Gasteiger partial charge in [-0.15, -0.1) is 0 Å². The van der Waals surface area contributed by atoms with Crippen molar-refractivity contribution >= 4 is 19.9 Å². The molecule has 2 unspecified atom stereocenters. The van der Waals surface area contributed by atoms with Crippen LogP contribution in [0.1, 0.15) is 27.2 Å². The number of carbonyl (C=O) groups excluding carboxylic acids is 2. The zero-order valence-electron chi connectivity index (χ0n) is 12.2. The molecule has 0 aromatic carbocycles. The zero-order valence-corrected chi connectivity index (χ0v) is 13.1. The van der Waals surface area contributed by atoms with Crippen LogP contribution >= 0.6 is 7.80 Å². The Morgan fingerprint density at radius 3 is 2.30 bits per heavy atom. The summed E-state index contributed by atoms with van der Waals surface area (Å²) in [6, 6.07) is -0.852. The molecular weight excluding hydrogens is 285 g/mol. The number of esters is 1. The van der Waals surface area contributed by atoms with Crippen molar-refractivity contribution in [3.8, 4) is 0 Å². The number of nitrogens with one attached hydrogen (secondary N) is 1. The SMILES string of the molecule is CCOC[P+](=O)CCC(NC(=O)OCC)C(=O)OCC. The molecule has 0 fully saturated rings. The number of hydrogen-bond donors (Lipinski definition) is 1. The van der Waals surface area contributed by atoms with Crippen molar-refractivity contribution in [2.75, 3.05) is 32.3 Å². The summed E-state index contributed by atoms with van der Waals surface area (Å²) in [6.45, 7) is 6.06. The molecule has 8 heteroatoms. The van der Waals surface area contributed by atoms with Crippen molar-refractivity contribution in [2.45, 2.75) is 33.2 Å². The predicted octanol–water partition coefficient (Wildman–Crippen LogP) is 1.88. The van der Waals surface area contributed by atoms with Gasteiger partial charge in [-0.2, -0.15) is 0 Å². The summed E-state index contributed by atoms with van der Waals surface area (Å²) in [5, 5.41) is 2.41. The van der Waals surface area contributed by atoms with Crippen molar-refractivity contribution in [3.63, 3.8) is 0 Å². The van der Waals surface area contributed by atoms with Gasteiger partial charge in [-0.25, -0.2) is 9.59 Å². The van der Waals surface area contributed by atoms with Crippen LogP contribution < -0.4 is 5.32 Å². The van der Waals surface area contributed by atoms with Crippen molar-refractivity contribution in [1.29, 1.82) is 0 Å². The third-order valence-corrected chi connectivity index (χ3v) is 3.47. The van der Waals surface area contributed by atoms with Gasteiger partial charge in [-0.3, -0.25) is 0 Å². The van der Waals surface area contributed by atoms with Gasteiger partial charge in [0.05, 0.1) is 13.2 Å². The Labute approximate surface area is 120 Å². The zero-order chi connectivity index (χ0) is 15.4. The lowest BCUT2D eigenvalue weighted by atomic mass is 10.2. The Morgan fingerprint density at radius 1 is 1.10 bits per heavy atom. The topological polar surface area (TPSA) is 90.9 Å². The second-order valence-electron chi connectivity index (χ2n) is 3.79. The van der Waals surface area contributed by atoms with E-state index in [2.05, 4.69) is 5.32 Å². The highest BCUT2D eigenvalue weighted by atomic mass is 31.1. The Balaban J connectivity index is 4.34. The summed E-state index contributed by atoms with van der Waals surface area (Å²) in [4.78, 5) is 23.0. The third kappa shape index (κ3) is 8.82. The minimum absolute atomic E-state index is 0.154.